The number of para-hydroxylation sites is 1. The fourth-order valence-corrected chi connectivity index (χ4v) is 3.96. The Morgan fingerprint density at radius 2 is 1.97 bits per heavy atom. The van der Waals surface area contributed by atoms with E-state index in [2.05, 4.69) is 9.84 Å². The number of alkyl halides is 2. The minimum Gasteiger partial charge on any atom is -0.493 e. The molecule has 1 heterocycles. The number of rotatable bonds is 7. The highest BCUT2D eigenvalue weighted by Gasteiger charge is 2.29. The zero-order chi connectivity index (χ0) is 22.8. The molecule has 0 saturated carbocycles. The molecule has 0 radical (unpaired) electrons. The fraction of sp³-hybridized carbons (Fsp3) is 0.304. The average Bonchev–Trinajstić information content (AvgIpc) is 3.37. The van der Waals surface area contributed by atoms with Gasteiger partial charge in [0.2, 0.25) is 0 Å². The predicted molar refractivity (Wildman–Crippen MR) is 111 cm³/mol. The second-order valence-corrected chi connectivity index (χ2v) is 7.52. The lowest BCUT2D eigenvalue weighted by Gasteiger charge is -2.18. The molecule has 6 nitrogen and oxygen atoms in total. The minimum atomic E-state index is -2.97. The van der Waals surface area contributed by atoms with Crippen LogP contribution in [0.3, 0.4) is 0 Å². The smallest absolute Gasteiger partial charge is 0.387 e. The van der Waals surface area contributed by atoms with Crippen molar-refractivity contribution in [2.45, 2.75) is 32.4 Å². The van der Waals surface area contributed by atoms with Crippen molar-refractivity contribution in [1.29, 1.82) is 0 Å². The first-order valence-corrected chi connectivity index (χ1v) is 10.1. The number of ether oxygens (including phenoxy) is 2. The Kier molecular flexibility index (Phi) is 6.07. The molecule has 0 atom stereocenters. The molecule has 9 heteroatoms. The van der Waals surface area contributed by atoms with Crippen molar-refractivity contribution < 1.29 is 27.4 Å². The van der Waals surface area contributed by atoms with Crippen LogP contribution in [0, 0.1) is 5.82 Å². The van der Waals surface area contributed by atoms with Crippen LogP contribution in [0.25, 0.3) is 5.69 Å². The standard InChI is InChI=1S/C23H22F3N3O3/c1-28(13-14-10-11-19(32-23(25)26)20(12-14)31-2)22(30)21-15-6-5-9-17(15)29(27-21)18-8-4-3-7-16(18)24/h3-4,7-8,10-12,23H,5-6,9,13H2,1-2H3. The summed E-state index contributed by atoms with van der Waals surface area (Å²) in [6, 6.07) is 10.8. The summed E-state index contributed by atoms with van der Waals surface area (Å²) in [5, 5.41) is 4.46. The summed E-state index contributed by atoms with van der Waals surface area (Å²) in [4.78, 5) is 14.7. The molecular formula is C23H22F3N3O3. The summed E-state index contributed by atoms with van der Waals surface area (Å²) in [5.74, 6) is -0.643. The monoisotopic (exact) mass is 445 g/mol. The predicted octanol–water partition coefficient (Wildman–Crippen LogP) is 4.38. The van der Waals surface area contributed by atoms with Crippen molar-refractivity contribution in [2.24, 2.45) is 0 Å². The number of carbonyl (C=O) groups excluding carboxylic acids is 1. The quantitative estimate of drug-likeness (QED) is 0.542. The molecule has 2 aromatic carbocycles. The molecule has 0 bridgehead atoms. The van der Waals surface area contributed by atoms with Crippen molar-refractivity contribution >= 4 is 5.91 Å². The molecule has 0 aliphatic heterocycles. The third-order valence-electron chi connectivity index (χ3n) is 5.42. The molecule has 0 saturated heterocycles. The second kappa shape index (κ2) is 8.94. The van der Waals surface area contributed by atoms with Crippen molar-refractivity contribution in [3.8, 4) is 17.2 Å². The summed E-state index contributed by atoms with van der Waals surface area (Å²) in [5.41, 5.74) is 2.97. The van der Waals surface area contributed by atoms with Crippen LogP contribution >= 0.6 is 0 Å². The number of amides is 1. The maximum atomic E-state index is 14.4. The molecule has 3 aromatic rings. The summed E-state index contributed by atoms with van der Waals surface area (Å²) in [7, 11) is 2.98. The summed E-state index contributed by atoms with van der Waals surface area (Å²) >= 11 is 0. The Labute approximate surface area is 183 Å². The van der Waals surface area contributed by atoms with Crippen molar-refractivity contribution in [3.05, 3.63) is 70.8 Å². The number of fused-ring (bicyclic) bond motifs is 1. The SMILES string of the molecule is COc1cc(CN(C)C(=O)c2nn(-c3ccccc3F)c3c2CCC3)ccc1OC(F)F. The Bertz CT molecular complexity index is 1150. The van der Waals surface area contributed by atoms with E-state index >= 15 is 0 Å². The van der Waals surface area contributed by atoms with E-state index in [0.29, 0.717) is 23.4 Å². The van der Waals surface area contributed by atoms with Crippen molar-refractivity contribution in [1.82, 2.24) is 14.7 Å². The normalized spacial score (nSPS) is 12.7. The zero-order valence-corrected chi connectivity index (χ0v) is 17.6. The van der Waals surface area contributed by atoms with E-state index in [4.69, 9.17) is 4.74 Å². The molecule has 32 heavy (non-hydrogen) atoms. The van der Waals surface area contributed by atoms with Gasteiger partial charge in [-0.1, -0.05) is 18.2 Å². The largest absolute Gasteiger partial charge is 0.493 e. The molecule has 1 aliphatic carbocycles. The number of halogens is 3. The second-order valence-electron chi connectivity index (χ2n) is 7.52. The van der Waals surface area contributed by atoms with Crippen LogP contribution < -0.4 is 9.47 Å². The number of hydrogen-bond donors (Lipinski definition) is 0. The highest BCUT2D eigenvalue weighted by molar-refractivity contribution is 5.94. The number of nitrogens with zero attached hydrogens (tertiary/aromatic N) is 3. The first-order valence-electron chi connectivity index (χ1n) is 10.1. The highest BCUT2D eigenvalue weighted by Crippen LogP contribution is 2.31. The van der Waals surface area contributed by atoms with Crippen LogP contribution in [-0.2, 0) is 19.4 Å². The lowest BCUT2D eigenvalue weighted by molar-refractivity contribution is -0.0512. The molecule has 168 valence electrons. The van der Waals surface area contributed by atoms with Crippen molar-refractivity contribution in [3.63, 3.8) is 0 Å². The van der Waals surface area contributed by atoms with Gasteiger partial charge in [0.05, 0.1) is 7.11 Å². The lowest BCUT2D eigenvalue weighted by Crippen LogP contribution is -2.27. The van der Waals surface area contributed by atoms with E-state index in [-0.39, 0.29) is 24.0 Å². The Balaban J connectivity index is 1.59. The van der Waals surface area contributed by atoms with Gasteiger partial charge >= 0.3 is 6.61 Å². The van der Waals surface area contributed by atoms with E-state index < -0.39 is 12.4 Å². The van der Waals surface area contributed by atoms with Gasteiger partial charge in [-0.2, -0.15) is 13.9 Å². The van der Waals surface area contributed by atoms with Gasteiger partial charge in [-0.05, 0) is 49.1 Å². The number of hydrogen-bond acceptors (Lipinski definition) is 4. The first-order chi connectivity index (χ1) is 15.4. The van der Waals surface area contributed by atoms with Gasteiger partial charge in [-0.3, -0.25) is 4.79 Å². The lowest BCUT2D eigenvalue weighted by atomic mass is 10.1. The summed E-state index contributed by atoms with van der Waals surface area (Å²) in [6.07, 6.45) is 2.29. The molecule has 1 aliphatic rings. The average molecular weight is 445 g/mol. The van der Waals surface area contributed by atoms with Crippen molar-refractivity contribution in [2.75, 3.05) is 14.2 Å². The van der Waals surface area contributed by atoms with Gasteiger partial charge in [0.1, 0.15) is 11.5 Å². The van der Waals surface area contributed by atoms with E-state index in [0.717, 1.165) is 24.1 Å². The third-order valence-corrected chi connectivity index (χ3v) is 5.42. The summed E-state index contributed by atoms with van der Waals surface area (Å²) < 4.78 is 50.5. The molecule has 0 unspecified atom stereocenters. The van der Waals surface area contributed by atoms with Gasteiger partial charge in [0, 0.05) is 24.8 Å². The van der Waals surface area contributed by atoms with Crippen LogP contribution in [0.15, 0.2) is 42.5 Å². The molecule has 0 fully saturated rings. The number of methoxy groups -OCH3 is 1. The van der Waals surface area contributed by atoms with Gasteiger partial charge in [0.25, 0.3) is 5.91 Å². The maximum absolute atomic E-state index is 14.4. The van der Waals surface area contributed by atoms with E-state index in [1.807, 2.05) is 0 Å². The van der Waals surface area contributed by atoms with Crippen LogP contribution in [0.2, 0.25) is 0 Å². The van der Waals surface area contributed by atoms with E-state index in [9.17, 15) is 18.0 Å². The number of aromatic nitrogens is 2. The third kappa shape index (κ3) is 4.15. The molecule has 0 spiro atoms. The molecule has 1 aromatic heterocycles. The molecule has 4 rings (SSSR count). The highest BCUT2D eigenvalue weighted by atomic mass is 19.3. The molecule has 1 amide bonds. The molecular weight excluding hydrogens is 423 g/mol. The Morgan fingerprint density at radius 3 is 2.69 bits per heavy atom. The zero-order valence-electron chi connectivity index (χ0n) is 17.6. The first kappa shape index (κ1) is 21.7. The maximum Gasteiger partial charge on any atom is 0.387 e. The summed E-state index contributed by atoms with van der Waals surface area (Å²) in [6.45, 7) is -2.77. The van der Waals surface area contributed by atoms with E-state index in [1.165, 1.54) is 28.8 Å². The van der Waals surface area contributed by atoms with Gasteiger partial charge in [-0.25, -0.2) is 9.07 Å². The topological polar surface area (TPSA) is 56.6 Å². The van der Waals surface area contributed by atoms with Crippen LogP contribution in [0.1, 0.15) is 33.7 Å². The molecule has 0 N–H and O–H groups in total. The van der Waals surface area contributed by atoms with Crippen LogP contribution in [0.4, 0.5) is 13.2 Å². The van der Waals surface area contributed by atoms with E-state index in [1.54, 1.807) is 37.4 Å². The van der Waals surface area contributed by atoms with Crippen LogP contribution in [0.5, 0.6) is 11.5 Å². The Morgan fingerprint density at radius 1 is 1.19 bits per heavy atom. The number of carbonyl (C=O) groups is 1. The van der Waals surface area contributed by atoms with Gasteiger partial charge in [0.15, 0.2) is 17.2 Å². The van der Waals surface area contributed by atoms with Gasteiger partial charge in [-0.15, -0.1) is 0 Å². The fourth-order valence-electron chi connectivity index (χ4n) is 3.96. The minimum absolute atomic E-state index is 0.0818. The van der Waals surface area contributed by atoms with Gasteiger partial charge < -0.3 is 14.4 Å². The Hall–Kier alpha value is -3.49. The van der Waals surface area contributed by atoms with Crippen LogP contribution in [-0.4, -0.2) is 41.4 Å². The number of benzene rings is 2.